The van der Waals surface area contributed by atoms with Crippen LogP contribution in [0.15, 0.2) is 48.9 Å². The Morgan fingerprint density at radius 2 is 1.87 bits per heavy atom. The predicted octanol–water partition coefficient (Wildman–Crippen LogP) is 4.65. The lowest BCUT2D eigenvalue weighted by Gasteiger charge is -2.20. The molecule has 2 aliphatic rings. The molecule has 0 unspecified atom stereocenters. The van der Waals surface area contributed by atoms with E-state index < -0.39 is 23.3 Å². The number of unbranched alkanes of at least 4 members (excludes halogenated alkanes) is 5. The number of carbonyl (C=O) groups excluding carboxylic acids is 2. The number of nitrogens with one attached hydrogen (secondary N) is 4. The van der Waals surface area contributed by atoms with Gasteiger partial charge in [-0.2, -0.15) is 5.10 Å². The van der Waals surface area contributed by atoms with Gasteiger partial charge in [-0.05, 0) is 86.7 Å². The molecule has 0 bridgehead atoms. The number of benzene rings is 1. The van der Waals surface area contributed by atoms with E-state index in [1.54, 1.807) is 18.5 Å². The van der Waals surface area contributed by atoms with Crippen LogP contribution in [-0.4, -0.2) is 62.7 Å². The number of carboxylic acid groups (broad SMARTS) is 1. The molecule has 1 aromatic carbocycles. The quantitative estimate of drug-likeness (QED) is 0.125. The molecule has 6 rings (SSSR count). The highest BCUT2D eigenvalue weighted by Gasteiger charge is 2.52. The molecular weight excluding hydrogens is 594 g/mol. The molecule has 1 spiro atoms. The second-order valence-corrected chi connectivity index (χ2v) is 12.8. The number of rotatable bonds is 14. The fourth-order valence-electron chi connectivity index (χ4n) is 6.81. The van der Waals surface area contributed by atoms with Gasteiger partial charge in [0.05, 0.1) is 22.7 Å². The fourth-order valence-corrected chi connectivity index (χ4v) is 6.81. The molecule has 0 fully saturated rings. The zero-order valence-electron chi connectivity index (χ0n) is 26.9. The Bertz CT molecular complexity index is 1850. The van der Waals surface area contributed by atoms with Gasteiger partial charge >= 0.3 is 5.97 Å². The molecule has 0 radical (unpaired) electrons. The van der Waals surface area contributed by atoms with E-state index in [9.17, 15) is 19.5 Å². The minimum atomic E-state index is -1.14. The summed E-state index contributed by atoms with van der Waals surface area (Å²) in [6.45, 7) is 2.99. The van der Waals surface area contributed by atoms with Gasteiger partial charge in [-0.25, -0.2) is 9.78 Å². The molecular formula is C36H41N7O4. The van der Waals surface area contributed by atoms with Crippen molar-refractivity contribution in [2.75, 3.05) is 18.9 Å². The summed E-state index contributed by atoms with van der Waals surface area (Å²) < 4.78 is 0. The third-order valence-electron chi connectivity index (χ3n) is 9.33. The van der Waals surface area contributed by atoms with E-state index in [0.29, 0.717) is 18.7 Å². The van der Waals surface area contributed by atoms with E-state index in [4.69, 9.17) is 0 Å². The first-order valence-electron chi connectivity index (χ1n) is 16.3. The molecule has 0 saturated heterocycles. The number of aromatic amines is 1. The molecule has 11 nitrogen and oxygen atoms in total. The summed E-state index contributed by atoms with van der Waals surface area (Å²) >= 11 is 0. The first-order chi connectivity index (χ1) is 22.8. The third kappa shape index (κ3) is 6.80. The monoisotopic (exact) mass is 635 g/mol. The summed E-state index contributed by atoms with van der Waals surface area (Å²) in [5, 5.41) is 26.6. The summed E-state index contributed by atoms with van der Waals surface area (Å²) in [7, 11) is 1.99. The summed E-state index contributed by atoms with van der Waals surface area (Å²) in [5.41, 5.74) is 5.35. The number of aryl methyl sites for hydroxylation is 1. The number of hydrogen-bond donors (Lipinski definition) is 5. The summed E-state index contributed by atoms with van der Waals surface area (Å²) in [6.07, 6.45) is 17.1. The van der Waals surface area contributed by atoms with E-state index in [0.717, 1.165) is 63.8 Å². The van der Waals surface area contributed by atoms with Crippen LogP contribution >= 0.6 is 0 Å². The lowest BCUT2D eigenvalue weighted by atomic mass is 9.79. The van der Waals surface area contributed by atoms with Gasteiger partial charge in [0.15, 0.2) is 0 Å². The highest BCUT2D eigenvalue weighted by Crippen LogP contribution is 2.46. The van der Waals surface area contributed by atoms with Crippen LogP contribution in [0.3, 0.4) is 0 Å². The summed E-state index contributed by atoms with van der Waals surface area (Å²) in [5.74, 6) is -1.22. The van der Waals surface area contributed by atoms with Gasteiger partial charge in [-0.3, -0.25) is 19.7 Å². The molecule has 11 heteroatoms. The molecule has 2 amide bonds. The van der Waals surface area contributed by atoms with Crippen LogP contribution in [0.5, 0.6) is 0 Å². The molecule has 2 atom stereocenters. The molecule has 4 aromatic rings. The molecule has 0 saturated carbocycles. The van der Waals surface area contributed by atoms with Crippen molar-refractivity contribution in [3.8, 4) is 0 Å². The zero-order chi connectivity index (χ0) is 33.0. The van der Waals surface area contributed by atoms with Crippen LogP contribution in [0.25, 0.3) is 17.0 Å². The number of allylic oxidation sites excluding steroid dienone is 1. The highest BCUT2D eigenvalue weighted by molar-refractivity contribution is 6.06. The minimum Gasteiger partial charge on any atom is -0.480 e. The van der Waals surface area contributed by atoms with Crippen molar-refractivity contribution >= 4 is 40.6 Å². The Morgan fingerprint density at radius 3 is 2.70 bits per heavy atom. The van der Waals surface area contributed by atoms with E-state index in [1.165, 1.54) is 31.9 Å². The first-order valence-corrected chi connectivity index (χ1v) is 16.3. The van der Waals surface area contributed by atoms with Gasteiger partial charge in [0.25, 0.3) is 5.91 Å². The number of aromatic nitrogens is 4. The number of H-pyrrole nitrogens is 1. The maximum Gasteiger partial charge on any atom is 0.326 e. The highest BCUT2D eigenvalue weighted by atomic mass is 16.4. The number of nitrogens with zero attached hydrogens (tertiary/aromatic N) is 3. The Morgan fingerprint density at radius 1 is 1.04 bits per heavy atom. The van der Waals surface area contributed by atoms with Gasteiger partial charge in [0, 0.05) is 41.9 Å². The standard InChI is InChI=1S/C36H41N7O4/c1-22-12-24(13-26-21-40-43-31(22)26)15-29(34(45)46)41-33(44)27-16-25-17-36(18-30(25)38-20-27)28-14-23(19-39-32(28)42-35(36)47)10-8-6-4-3-5-7-9-11-37-2/h8,10,12-14,16,19-21,29,37H,3-7,9,11,15,17-18H2,1-2H3,(H,40,43)(H,41,44)(H,45,46)(H,39,42,47)/b10-8+/t29-,36+/m1/s1. The van der Waals surface area contributed by atoms with Crippen LogP contribution in [0.2, 0.25) is 0 Å². The third-order valence-corrected chi connectivity index (χ3v) is 9.33. The Labute approximate surface area is 273 Å². The normalized spacial score (nSPS) is 17.3. The van der Waals surface area contributed by atoms with Gasteiger partial charge in [0.1, 0.15) is 11.9 Å². The molecule has 1 aliphatic carbocycles. The van der Waals surface area contributed by atoms with E-state index in [-0.39, 0.29) is 17.9 Å². The molecule has 3 aromatic heterocycles. The Kier molecular flexibility index (Phi) is 9.44. The smallest absolute Gasteiger partial charge is 0.326 e. The SMILES string of the molecule is CNCCCCCCC/C=C/c1cnc2c(c1)[C@@]1(Cc3cc(C(=O)N[C@H](Cc4cc(C)c5[nH]ncc5c4)C(=O)O)cnc3C1)C(=O)N2. The number of carbonyl (C=O) groups is 3. The molecule has 244 valence electrons. The van der Waals surface area contributed by atoms with Crippen molar-refractivity contribution in [1.29, 1.82) is 0 Å². The summed E-state index contributed by atoms with van der Waals surface area (Å²) in [4.78, 5) is 48.0. The van der Waals surface area contributed by atoms with Gasteiger partial charge < -0.3 is 21.1 Å². The van der Waals surface area contributed by atoms with E-state index in [1.807, 2.05) is 32.2 Å². The van der Waals surface area contributed by atoms with Gasteiger partial charge in [0.2, 0.25) is 5.91 Å². The summed E-state index contributed by atoms with van der Waals surface area (Å²) in [6, 6.07) is 6.40. The number of aliphatic carboxylic acids is 1. The minimum absolute atomic E-state index is 0.113. The molecule has 47 heavy (non-hydrogen) atoms. The maximum atomic E-state index is 13.4. The van der Waals surface area contributed by atoms with Crippen LogP contribution in [0, 0.1) is 6.92 Å². The molecule has 1 aliphatic heterocycles. The van der Waals surface area contributed by atoms with Crippen LogP contribution in [0.4, 0.5) is 5.82 Å². The van der Waals surface area contributed by atoms with Crippen LogP contribution in [-0.2, 0) is 34.3 Å². The lowest BCUT2D eigenvalue weighted by Crippen LogP contribution is -2.42. The second kappa shape index (κ2) is 13.8. The van der Waals surface area contributed by atoms with E-state index >= 15 is 0 Å². The van der Waals surface area contributed by atoms with Crippen LogP contribution < -0.4 is 16.0 Å². The van der Waals surface area contributed by atoms with Crippen molar-refractivity contribution in [3.63, 3.8) is 0 Å². The maximum absolute atomic E-state index is 13.4. The fraction of sp³-hybridized carbons (Fsp3) is 0.389. The van der Waals surface area contributed by atoms with Gasteiger partial charge in [-0.1, -0.05) is 37.5 Å². The largest absolute Gasteiger partial charge is 0.480 e. The number of anilines is 1. The van der Waals surface area contributed by atoms with Crippen LogP contribution in [0.1, 0.15) is 82.4 Å². The molecule has 5 N–H and O–H groups in total. The predicted molar refractivity (Wildman–Crippen MR) is 180 cm³/mol. The van der Waals surface area contributed by atoms with Crippen molar-refractivity contribution in [3.05, 3.63) is 88.0 Å². The van der Waals surface area contributed by atoms with Crippen molar-refractivity contribution in [1.82, 2.24) is 30.8 Å². The average molecular weight is 636 g/mol. The Hall–Kier alpha value is -4.90. The van der Waals surface area contributed by atoms with Crippen molar-refractivity contribution in [2.45, 2.75) is 76.2 Å². The number of pyridine rings is 2. The number of fused-ring (bicyclic) bond motifs is 4. The average Bonchev–Trinajstić information content (AvgIpc) is 3.75. The van der Waals surface area contributed by atoms with E-state index in [2.05, 4.69) is 48.3 Å². The number of amides is 2. The topological polar surface area (TPSA) is 162 Å². The number of hydrogen-bond acceptors (Lipinski definition) is 7. The number of carboxylic acids is 1. The van der Waals surface area contributed by atoms with Gasteiger partial charge in [-0.15, -0.1) is 0 Å². The lowest BCUT2D eigenvalue weighted by molar-refractivity contribution is -0.139. The molecule has 4 heterocycles. The Balaban J connectivity index is 1.12. The van der Waals surface area contributed by atoms with Crippen molar-refractivity contribution in [2.24, 2.45) is 0 Å². The zero-order valence-corrected chi connectivity index (χ0v) is 26.9. The second-order valence-electron chi connectivity index (χ2n) is 12.8. The van der Waals surface area contributed by atoms with Crippen molar-refractivity contribution < 1.29 is 19.5 Å². The first kappa shape index (κ1) is 32.1.